The van der Waals surface area contributed by atoms with Gasteiger partial charge in [-0.25, -0.2) is 8.37 Å². The second kappa shape index (κ2) is 4.63. The van der Waals surface area contributed by atoms with Crippen LogP contribution in [0.1, 0.15) is 33.1 Å². The Morgan fingerprint density at radius 3 is 1.88 bits per heavy atom. The van der Waals surface area contributed by atoms with Crippen molar-refractivity contribution in [2.24, 2.45) is 23.7 Å². The van der Waals surface area contributed by atoms with Crippen molar-refractivity contribution in [1.29, 1.82) is 0 Å². The van der Waals surface area contributed by atoms with E-state index in [1.165, 1.54) is 19.3 Å². The largest absolute Gasteiger partial charge is 0.399 e. The summed E-state index contributed by atoms with van der Waals surface area (Å²) in [6.07, 6.45) is 3.62. The van der Waals surface area contributed by atoms with Gasteiger partial charge < -0.3 is 0 Å². The third-order valence-corrected chi connectivity index (χ3v) is 4.58. The van der Waals surface area contributed by atoms with E-state index in [1.807, 2.05) is 0 Å². The van der Waals surface area contributed by atoms with Crippen LogP contribution in [0, 0.1) is 23.7 Å². The first kappa shape index (κ1) is 12.3. The summed E-state index contributed by atoms with van der Waals surface area (Å²) in [5, 5.41) is 0. The van der Waals surface area contributed by atoms with E-state index < -0.39 is 10.4 Å². The Balaban J connectivity index is 1.93. The molecule has 1 aliphatic heterocycles. The first-order valence-electron chi connectivity index (χ1n) is 6.00. The molecule has 0 aromatic heterocycles. The second-order valence-electron chi connectivity index (χ2n) is 5.41. The standard InChI is InChI=1S/C11H20O4S/c1-8-3-9(2)5-10(4-8)11-6-14-16(12,13)15-7-11/h8-11H,3-7H2,1-2H3. The number of hydrogen-bond acceptors (Lipinski definition) is 4. The molecule has 2 aliphatic rings. The van der Waals surface area contributed by atoms with Crippen LogP contribution < -0.4 is 0 Å². The van der Waals surface area contributed by atoms with Crippen LogP contribution in [0.25, 0.3) is 0 Å². The van der Waals surface area contributed by atoms with E-state index in [1.54, 1.807) is 0 Å². The fourth-order valence-corrected chi connectivity index (χ4v) is 3.84. The SMILES string of the molecule is CC1CC(C)CC(C2COS(=O)(=O)OC2)C1. The molecule has 2 unspecified atom stereocenters. The predicted molar refractivity (Wildman–Crippen MR) is 60.0 cm³/mol. The molecular weight excluding hydrogens is 228 g/mol. The molecule has 1 saturated heterocycles. The van der Waals surface area contributed by atoms with E-state index in [0.29, 0.717) is 19.1 Å². The highest BCUT2D eigenvalue weighted by Gasteiger charge is 2.35. The van der Waals surface area contributed by atoms with Gasteiger partial charge in [0.05, 0.1) is 13.2 Å². The molecule has 1 heterocycles. The summed E-state index contributed by atoms with van der Waals surface area (Å²) < 4.78 is 31.4. The van der Waals surface area contributed by atoms with Crippen LogP contribution >= 0.6 is 0 Å². The molecule has 2 atom stereocenters. The summed E-state index contributed by atoms with van der Waals surface area (Å²) in [5.41, 5.74) is 0. The summed E-state index contributed by atoms with van der Waals surface area (Å²) in [6, 6.07) is 0. The fraction of sp³-hybridized carbons (Fsp3) is 1.00. The van der Waals surface area contributed by atoms with Crippen molar-refractivity contribution >= 4 is 10.4 Å². The Bertz CT molecular complexity index is 314. The van der Waals surface area contributed by atoms with Crippen LogP contribution in [-0.2, 0) is 18.8 Å². The molecule has 0 amide bonds. The Kier molecular flexibility index (Phi) is 3.56. The number of rotatable bonds is 1. The van der Waals surface area contributed by atoms with Crippen molar-refractivity contribution < 1.29 is 16.8 Å². The zero-order chi connectivity index (χ0) is 11.8. The lowest BCUT2D eigenvalue weighted by atomic mass is 9.72. The van der Waals surface area contributed by atoms with Crippen LogP contribution in [0.5, 0.6) is 0 Å². The van der Waals surface area contributed by atoms with E-state index in [-0.39, 0.29) is 5.92 Å². The maximum Gasteiger partial charge on any atom is 0.399 e. The van der Waals surface area contributed by atoms with Crippen molar-refractivity contribution in [2.45, 2.75) is 33.1 Å². The molecule has 0 radical (unpaired) electrons. The second-order valence-corrected chi connectivity index (χ2v) is 6.70. The lowest BCUT2D eigenvalue weighted by molar-refractivity contribution is 0.0404. The summed E-state index contributed by atoms with van der Waals surface area (Å²) in [4.78, 5) is 0. The molecular formula is C11H20O4S. The van der Waals surface area contributed by atoms with Crippen molar-refractivity contribution in [3.63, 3.8) is 0 Å². The van der Waals surface area contributed by atoms with Gasteiger partial charge in [-0.3, -0.25) is 0 Å². The molecule has 0 N–H and O–H groups in total. The van der Waals surface area contributed by atoms with Crippen molar-refractivity contribution in [2.75, 3.05) is 13.2 Å². The van der Waals surface area contributed by atoms with Crippen LogP contribution in [0.2, 0.25) is 0 Å². The lowest BCUT2D eigenvalue weighted by Crippen LogP contribution is -2.36. The molecule has 2 fully saturated rings. The van der Waals surface area contributed by atoms with Gasteiger partial charge in [-0.1, -0.05) is 13.8 Å². The minimum atomic E-state index is -3.68. The summed E-state index contributed by atoms with van der Waals surface area (Å²) in [5.74, 6) is 2.25. The lowest BCUT2D eigenvalue weighted by Gasteiger charge is -2.37. The first-order valence-corrected chi connectivity index (χ1v) is 7.33. The minimum Gasteiger partial charge on any atom is -0.248 e. The van der Waals surface area contributed by atoms with Gasteiger partial charge in [0, 0.05) is 5.92 Å². The minimum absolute atomic E-state index is 0.244. The first-order chi connectivity index (χ1) is 7.46. The average Bonchev–Trinajstić information content (AvgIpc) is 2.15. The molecule has 0 aromatic rings. The van der Waals surface area contributed by atoms with Crippen molar-refractivity contribution in [3.8, 4) is 0 Å². The van der Waals surface area contributed by atoms with Gasteiger partial charge in [0.1, 0.15) is 0 Å². The highest BCUT2D eigenvalue weighted by atomic mass is 32.3. The zero-order valence-electron chi connectivity index (χ0n) is 9.89. The van der Waals surface area contributed by atoms with E-state index in [9.17, 15) is 8.42 Å². The molecule has 2 rings (SSSR count). The van der Waals surface area contributed by atoms with Crippen LogP contribution in [0.15, 0.2) is 0 Å². The quantitative estimate of drug-likeness (QED) is 0.712. The number of hydrogen-bond donors (Lipinski definition) is 0. The molecule has 0 aromatic carbocycles. The smallest absolute Gasteiger partial charge is 0.248 e. The molecule has 16 heavy (non-hydrogen) atoms. The molecule has 5 heteroatoms. The molecule has 94 valence electrons. The highest BCUT2D eigenvalue weighted by molar-refractivity contribution is 7.81. The van der Waals surface area contributed by atoms with Gasteiger partial charge in [-0.15, -0.1) is 0 Å². The third-order valence-electron chi connectivity index (χ3n) is 3.73. The van der Waals surface area contributed by atoms with Crippen molar-refractivity contribution in [1.82, 2.24) is 0 Å². The van der Waals surface area contributed by atoms with Gasteiger partial charge in [0.2, 0.25) is 0 Å². The molecule has 0 bridgehead atoms. The van der Waals surface area contributed by atoms with Gasteiger partial charge in [-0.2, -0.15) is 8.42 Å². The predicted octanol–water partition coefficient (Wildman–Crippen LogP) is 1.97. The average molecular weight is 248 g/mol. The van der Waals surface area contributed by atoms with E-state index in [4.69, 9.17) is 8.37 Å². The molecule has 1 saturated carbocycles. The van der Waals surface area contributed by atoms with Crippen LogP contribution in [-0.4, -0.2) is 21.6 Å². The highest BCUT2D eigenvalue weighted by Crippen LogP contribution is 2.38. The monoisotopic (exact) mass is 248 g/mol. The Labute approximate surface area is 97.6 Å². The maximum absolute atomic E-state index is 11.0. The fourth-order valence-electron chi connectivity index (χ4n) is 3.09. The van der Waals surface area contributed by atoms with Crippen molar-refractivity contribution in [3.05, 3.63) is 0 Å². The Hall–Kier alpha value is -0.130. The summed E-state index contributed by atoms with van der Waals surface area (Å²) in [6.45, 7) is 5.13. The maximum atomic E-state index is 11.0. The summed E-state index contributed by atoms with van der Waals surface area (Å²) in [7, 11) is -3.68. The van der Waals surface area contributed by atoms with Gasteiger partial charge in [-0.05, 0) is 37.0 Å². The van der Waals surface area contributed by atoms with Gasteiger partial charge >= 0.3 is 10.4 Å². The molecule has 4 nitrogen and oxygen atoms in total. The Morgan fingerprint density at radius 2 is 1.38 bits per heavy atom. The van der Waals surface area contributed by atoms with Crippen LogP contribution in [0.4, 0.5) is 0 Å². The molecule has 0 spiro atoms. The van der Waals surface area contributed by atoms with Crippen LogP contribution in [0.3, 0.4) is 0 Å². The van der Waals surface area contributed by atoms with Gasteiger partial charge in [0.15, 0.2) is 0 Å². The third kappa shape index (κ3) is 2.96. The van der Waals surface area contributed by atoms with E-state index in [0.717, 1.165) is 11.8 Å². The van der Waals surface area contributed by atoms with Gasteiger partial charge in [0.25, 0.3) is 0 Å². The molecule has 1 aliphatic carbocycles. The summed E-state index contributed by atoms with van der Waals surface area (Å²) >= 11 is 0. The van der Waals surface area contributed by atoms with E-state index in [2.05, 4.69) is 13.8 Å². The zero-order valence-corrected chi connectivity index (χ0v) is 10.7. The van der Waals surface area contributed by atoms with E-state index >= 15 is 0 Å². The normalized spacial score (nSPS) is 40.8. The Morgan fingerprint density at radius 1 is 0.875 bits per heavy atom. The topological polar surface area (TPSA) is 52.6 Å².